The highest BCUT2D eigenvalue weighted by atomic mass is 16.5. The maximum Gasteiger partial charge on any atom is 0.119 e. The molecule has 0 saturated carbocycles. The lowest BCUT2D eigenvalue weighted by Gasteiger charge is -2.48. The number of aromatic nitrogens is 1. The van der Waals surface area contributed by atoms with Gasteiger partial charge in [-0.3, -0.25) is 14.9 Å². The van der Waals surface area contributed by atoms with E-state index >= 15 is 0 Å². The third kappa shape index (κ3) is 2.01. The molecule has 3 fully saturated rings. The van der Waals surface area contributed by atoms with E-state index in [4.69, 9.17) is 9.73 Å². The van der Waals surface area contributed by atoms with E-state index in [9.17, 15) is 0 Å². The molecule has 3 saturated heterocycles. The van der Waals surface area contributed by atoms with Crippen LogP contribution in [-0.4, -0.2) is 42.3 Å². The van der Waals surface area contributed by atoms with Gasteiger partial charge in [0.2, 0.25) is 0 Å². The average molecular weight is 307 g/mol. The molecule has 5 aliphatic heterocycles. The highest BCUT2D eigenvalue weighted by Gasteiger charge is 2.45. The maximum atomic E-state index is 5.42. The molecule has 1 aromatic heterocycles. The minimum absolute atomic E-state index is 0.225. The molecule has 5 atom stereocenters. The van der Waals surface area contributed by atoms with Crippen LogP contribution in [0, 0.1) is 11.8 Å². The van der Waals surface area contributed by atoms with Gasteiger partial charge in [0.15, 0.2) is 0 Å². The van der Waals surface area contributed by atoms with Crippen LogP contribution in [0.5, 0.6) is 5.75 Å². The summed E-state index contributed by atoms with van der Waals surface area (Å²) < 4.78 is 5.42. The Hall–Kier alpha value is -1.94. The molecule has 5 unspecified atom stereocenters. The van der Waals surface area contributed by atoms with Gasteiger partial charge in [0.05, 0.1) is 18.7 Å². The fraction of sp³-hybridized carbons (Fsp3) is 0.474. The Morgan fingerprint density at radius 1 is 1.26 bits per heavy atom. The van der Waals surface area contributed by atoms with Crippen LogP contribution >= 0.6 is 0 Å². The number of hydrogen-bond donors (Lipinski definition) is 0. The van der Waals surface area contributed by atoms with Crippen molar-refractivity contribution in [2.24, 2.45) is 16.8 Å². The standard InChI is InChI=1S/C19H21N3O/c1-23-14-2-3-17-16(9-14)15(4-6-20-17)19-18-8-12-5-7-22(18)11-13(12)10-21-19/h2-4,6,9-10,12-13,18-19H,5,7-8,11H2,1H3. The number of pyridine rings is 1. The number of nitrogens with zero attached hydrogens (tertiary/aromatic N) is 3. The van der Waals surface area contributed by atoms with E-state index in [1.807, 2.05) is 18.3 Å². The summed E-state index contributed by atoms with van der Waals surface area (Å²) in [6, 6.07) is 9.05. The summed E-state index contributed by atoms with van der Waals surface area (Å²) in [6.45, 7) is 2.43. The van der Waals surface area contributed by atoms with Crippen molar-refractivity contribution in [2.75, 3.05) is 20.2 Å². The van der Waals surface area contributed by atoms with Crippen molar-refractivity contribution in [3.05, 3.63) is 36.0 Å². The van der Waals surface area contributed by atoms with Crippen LogP contribution in [0.2, 0.25) is 0 Å². The molecule has 6 heterocycles. The summed E-state index contributed by atoms with van der Waals surface area (Å²) in [5.41, 5.74) is 2.32. The van der Waals surface area contributed by atoms with Crippen molar-refractivity contribution < 1.29 is 4.74 Å². The molecule has 5 aliphatic rings. The highest BCUT2D eigenvalue weighted by Crippen LogP contribution is 2.45. The Bertz CT molecular complexity index is 787. The van der Waals surface area contributed by atoms with Gasteiger partial charge in [0, 0.05) is 36.3 Å². The number of fused-ring (bicyclic) bond motifs is 3. The summed E-state index contributed by atoms with van der Waals surface area (Å²) in [5, 5.41) is 1.18. The summed E-state index contributed by atoms with van der Waals surface area (Å²) in [6.07, 6.45) is 6.79. The van der Waals surface area contributed by atoms with E-state index < -0.39 is 0 Å². The van der Waals surface area contributed by atoms with Gasteiger partial charge in [-0.05, 0) is 55.1 Å². The van der Waals surface area contributed by atoms with Crippen molar-refractivity contribution in [3.8, 4) is 5.75 Å². The minimum atomic E-state index is 0.225. The summed E-state index contributed by atoms with van der Waals surface area (Å²) >= 11 is 0. The largest absolute Gasteiger partial charge is 0.497 e. The molecular weight excluding hydrogens is 286 g/mol. The minimum Gasteiger partial charge on any atom is -0.497 e. The molecule has 4 bridgehead atoms. The first-order valence-corrected chi connectivity index (χ1v) is 8.53. The quantitative estimate of drug-likeness (QED) is 0.855. The smallest absolute Gasteiger partial charge is 0.119 e. The Balaban J connectivity index is 1.65. The molecule has 4 nitrogen and oxygen atoms in total. The van der Waals surface area contributed by atoms with Crippen LogP contribution in [0.15, 0.2) is 35.5 Å². The second-order valence-corrected chi connectivity index (χ2v) is 7.04. The molecule has 0 N–H and O–H groups in total. The van der Waals surface area contributed by atoms with Crippen LogP contribution in [0.3, 0.4) is 0 Å². The van der Waals surface area contributed by atoms with Gasteiger partial charge in [0.1, 0.15) is 5.75 Å². The molecule has 0 radical (unpaired) electrons. The zero-order valence-electron chi connectivity index (χ0n) is 13.4. The van der Waals surface area contributed by atoms with E-state index in [1.54, 1.807) is 7.11 Å². The van der Waals surface area contributed by atoms with Crippen LogP contribution in [0.1, 0.15) is 24.4 Å². The topological polar surface area (TPSA) is 37.7 Å². The number of benzene rings is 1. The normalized spacial score (nSPS) is 34.7. The van der Waals surface area contributed by atoms with Crippen molar-refractivity contribution in [3.63, 3.8) is 0 Å². The van der Waals surface area contributed by atoms with Gasteiger partial charge >= 0.3 is 0 Å². The molecule has 0 spiro atoms. The number of methoxy groups -OCH3 is 1. The first-order valence-electron chi connectivity index (χ1n) is 8.53. The number of aliphatic imine (C=N–C) groups is 1. The van der Waals surface area contributed by atoms with Crippen molar-refractivity contribution >= 4 is 17.1 Å². The zero-order valence-corrected chi connectivity index (χ0v) is 13.4. The third-order valence-electron chi connectivity index (χ3n) is 5.95. The SMILES string of the molecule is COc1ccc2nccc(C3N=CC4CN5CCC4CC35)c2c1. The fourth-order valence-corrected chi connectivity index (χ4v) is 4.73. The lowest BCUT2D eigenvalue weighted by atomic mass is 9.75. The predicted molar refractivity (Wildman–Crippen MR) is 91.1 cm³/mol. The van der Waals surface area contributed by atoms with Gasteiger partial charge in [-0.25, -0.2) is 0 Å². The van der Waals surface area contributed by atoms with E-state index in [0.29, 0.717) is 12.0 Å². The van der Waals surface area contributed by atoms with E-state index in [2.05, 4.69) is 28.2 Å². The third-order valence-corrected chi connectivity index (χ3v) is 5.95. The molecule has 23 heavy (non-hydrogen) atoms. The average Bonchev–Trinajstić information content (AvgIpc) is 2.88. The summed E-state index contributed by atoms with van der Waals surface area (Å²) in [7, 11) is 1.72. The van der Waals surface area contributed by atoms with Crippen LogP contribution < -0.4 is 4.74 Å². The molecule has 4 heteroatoms. The second-order valence-electron chi connectivity index (χ2n) is 7.04. The summed E-state index contributed by atoms with van der Waals surface area (Å²) in [4.78, 5) is 12.2. The van der Waals surface area contributed by atoms with Crippen LogP contribution in [0.25, 0.3) is 10.9 Å². The van der Waals surface area contributed by atoms with Crippen LogP contribution in [0.4, 0.5) is 0 Å². The lowest BCUT2D eigenvalue weighted by Crippen LogP contribution is -2.53. The maximum absolute atomic E-state index is 5.42. The molecule has 7 rings (SSSR count). The second kappa shape index (κ2) is 5.03. The molecule has 2 aromatic rings. The molecule has 118 valence electrons. The van der Waals surface area contributed by atoms with Gasteiger partial charge in [0.25, 0.3) is 0 Å². The summed E-state index contributed by atoms with van der Waals surface area (Å²) in [5.74, 6) is 2.38. The predicted octanol–water partition coefficient (Wildman–Crippen LogP) is 3.08. The van der Waals surface area contributed by atoms with E-state index in [1.165, 1.54) is 36.9 Å². The van der Waals surface area contributed by atoms with E-state index in [0.717, 1.165) is 17.2 Å². The zero-order chi connectivity index (χ0) is 15.4. The lowest BCUT2D eigenvalue weighted by molar-refractivity contribution is 0.0231. The molecule has 0 aliphatic carbocycles. The van der Waals surface area contributed by atoms with Crippen molar-refractivity contribution in [1.29, 1.82) is 0 Å². The van der Waals surface area contributed by atoms with Crippen molar-refractivity contribution in [1.82, 2.24) is 9.88 Å². The first kappa shape index (κ1) is 13.5. The van der Waals surface area contributed by atoms with Gasteiger partial charge in [-0.15, -0.1) is 0 Å². The number of piperidine rings is 3. The first-order chi connectivity index (χ1) is 11.3. The van der Waals surface area contributed by atoms with Gasteiger partial charge < -0.3 is 4.74 Å². The fourth-order valence-electron chi connectivity index (χ4n) is 4.73. The molecule has 0 amide bonds. The Morgan fingerprint density at radius 3 is 3.04 bits per heavy atom. The Morgan fingerprint density at radius 2 is 2.22 bits per heavy atom. The Kier molecular flexibility index (Phi) is 2.95. The number of rotatable bonds is 2. The van der Waals surface area contributed by atoms with E-state index in [-0.39, 0.29) is 6.04 Å². The number of ether oxygens (including phenoxy) is 1. The van der Waals surface area contributed by atoms with Crippen LogP contribution in [-0.2, 0) is 0 Å². The monoisotopic (exact) mass is 307 g/mol. The number of hydrogen-bond acceptors (Lipinski definition) is 4. The molecule has 1 aromatic carbocycles. The Labute approximate surface area is 136 Å². The van der Waals surface area contributed by atoms with Crippen molar-refractivity contribution in [2.45, 2.75) is 24.9 Å². The molecular formula is C19H21N3O. The van der Waals surface area contributed by atoms with Gasteiger partial charge in [-0.2, -0.15) is 0 Å². The van der Waals surface area contributed by atoms with Gasteiger partial charge in [-0.1, -0.05) is 0 Å². The highest BCUT2D eigenvalue weighted by molar-refractivity contribution is 5.84.